The fraction of sp³-hybridized carbons (Fsp3) is 0.923. The van der Waals surface area contributed by atoms with Crippen LogP contribution >= 0.6 is 0 Å². The molecule has 0 amide bonds. The van der Waals surface area contributed by atoms with E-state index in [2.05, 4.69) is 6.92 Å². The third-order valence-corrected chi connectivity index (χ3v) is 4.22. The molecule has 1 nitrogen and oxygen atoms in total. The summed E-state index contributed by atoms with van der Waals surface area (Å²) in [6, 6.07) is 0. The Bertz CT molecular complexity index is 203. The van der Waals surface area contributed by atoms with Gasteiger partial charge in [-0.1, -0.05) is 32.6 Å². The van der Waals surface area contributed by atoms with Crippen LogP contribution in [0.25, 0.3) is 0 Å². The summed E-state index contributed by atoms with van der Waals surface area (Å²) in [5, 5.41) is 0. The van der Waals surface area contributed by atoms with E-state index in [0.29, 0.717) is 17.6 Å². The van der Waals surface area contributed by atoms with Crippen molar-refractivity contribution >= 4 is 5.78 Å². The molecule has 2 saturated carbocycles. The van der Waals surface area contributed by atoms with E-state index in [1.54, 1.807) is 0 Å². The van der Waals surface area contributed by atoms with Gasteiger partial charge in [-0.3, -0.25) is 4.79 Å². The summed E-state index contributed by atoms with van der Waals surface area (Å²) in [6.07, 6.45) is 10.4. The average molecular weight is 194 g/mol. The van der Waals surface area contributed by atoms with E-state index in [4.69, 9.17) is 0 Å². The van der Waals surface area contributed by atoms with Crippen LogP contribution in [0.15, 0.2) is 0 Å². The van der Waals surface area contributed by atoms with Crippen molar-refractivity contribution in [1.82, 2.24) is 0 Å². The van der Waals surface area contributed by atoms with Crippen LogP contribution in [0.4, 0.5) is 0 Å². The number of carbonyl (C=O) groups excluding carboxylic acids is 1. The van der Waals surface area contributed by atoms with Gasteiger partial charge in [0.25, 0.3) is 0 Å². The summed E-state index contributed by atoms with van der Waals surface area (Å²) in [7, 11) is 0. The summed E-state index contributed by atoms with van der Waals surface area (Å²) in [6.45, 7) is 2.12. The van der Waals surface area contributed by atoms with Crippen molar-refractivity contribution in [2.45, 2.75) is 58.3 Å². The molecule has 0 radical (unpaired) electrons. The van der Waals surface area contributed by atoms with Crippen molar-refractivity contribution in [3.05, 3.63) is 0 Å². The minimum atomic E-state index is 0.357. The highest BCUT2D eigenvalue weighted by Crippen LogP contribution is 2.37. The highest BCUT2D eigenvalue weighted by Gasteiger charge is 2.34. The Balaban J connectivity index is 1.97. The molecule has 80 valence electrons. The first kappa shape index (κ1) is 10.2. The Morgan fingerprint density at radius 1 is 0.929 bits per heavy atom. The van der Waals surface area contributed by atoms with Crippen LogP contribution in [-0.4, -0.2) is 5.78 Å². The number of ketones is 1. The molecule has 0 aromatic carbocycles. The Morgan fingerprint density at radius 2 is 1.64 bits per heavy atom. The molecule has 0 saturated heterocycles. The van der Waals surface area contributed by atoms with Crippen LogP contribution in [0.1, 0.15) is 58.3 Å². The molecule has 2 atom stereocenters. The van der Waals surface area contributed by atoms with E-state index >= 15 is 0 Å². The SMILES string of the molecule is C[C@@H]1CCC[C@@H](C2CCCCC2)C1=O. The Hall–Kier alpha value is -0.330. The van der Waals surface area contributed by atoms with Gasteiger partial charge < -0.3 is 0 Å². The molecule has 0 N–H and O–H groups in total. The zero-order valence-electron chi connectivity index (χ0n) is 9.30. The second-order valence-corrected chi connectivity index (χ2v) is 5.24. The van der Waals surface area contributed by atoms with Crippen molar-refractivity contribution in [2.75, 3.05) is 0 Å². The van der Waals surface area contributed by atoms with Crippen molar-refractivity contribution in [2.24, 2.45) is 17.8 Å². The molecule has 0 bridgehead atoms. The van der Waals surface area contributed by atoms with Crippen molar-refractivity contribution in [1.29, 1.82) is 0 Å². The van der Waals surface area contributed by atoms with Gasteiger partial charge in [0.2, 0.25) is 0 Å². The van der Waals surface area contributed by atoms with E-state index in [0.717, 1.165) is 12.3 Å². The number of hydrogen-bond donors (Lipinski definition) is 0. The van der Waals surface area contributed by atoms with E-state index < -0.39 is 0 Å². The first-order chi connectivity index (χ1) is 6.79. The van der Waals surface area contributed by atoms with Gasteiger partial charge in [0.05, 0.1) is 0 Å². The smallest absolute Gasteiger partial charge is 0.139 e. The fourth-order valence-corrected chi connectivity index (χ4v) is 3.30. The fourth-order valence-electron chi connectivity index (χ4n) is 3.30. The molecule has 0 unspecified atom stereocenters. The van der Waals surface area contributed by atoms with E-state index in [-0.39, 0.29) is 0 Å². The maximum atomic E-state index is 12.0. The molecule has 0 aromatic rings. The standard InChI is InChI=1S/C13H22O/c1-10-6-5-9-12(13(10)14)11-7-3-2-4-8-11/h10-12H,2-9H2,1H3/t10-,12+/m1/s1. The number of hydrogen-bond acceptors (Lipinski definition) is 1. The second kappa shape index (κ2) is 4.46. The van der Waals surface area contributed by atoms with Crippen LogP contribution in [0.2, 0.25) is 0 Å². The summed E-state index contributed by atoms with van der Waals surface area (Å²) in [4.78, 5) is 12.0. The maximum absolute atomic E-state index is 12.0. The predicted octanol–water partition coefficient (Wildman–Crippen LogP) is 3.57. The van der Waals surface area contributed by atoms with Gasteiger partial charge in [0.15, 0.2) is 0 Å². The maximum Gasteiger partial charge on any atom is 0.139 e. The molecule has 14 heavy (non-hydrogen) atoms. The van der Waals surface area contributed by atoms with E-state index in [1.165, 1.54) is 44.9 Å². The summed E-state index contributed by atoms with van der Waals surface area (Å²) in [5.41, 5.74) is 0. The van der Waals surface area contributed by atoms with Crippen molar-refractivity contribution < 1.29 is 4.79 Å². The summed E-state index contributed by atoms with van der Waals surface area (Å²) >= 11 is 0. The van der Waals surface area contributed by atoms with Gasteiger partial charge in [-0.15, -0.1) is 0 Å². The summed E-state index contributed by atoms with van der Waals surface area (Å²) < 4.78 is 0. The number of rotatable bonds is 1. The minimum absolute atomic E-state index is 0.357. The minimum Gasteiger partial charge on any atom is -0.299 e. The quantitative estimate of drug-likeness (QED) is 0.623. The molecule has 0 aromatic heterocycles. The van der Waals surface area contributed by atoms with E-state index in [1.807, 2.05) is 0 Å². The highest BCUT2D eigenvalue weighted by molar-refractivity contribution is 5.84. The molecule has 2 rings (SSSR count). The largest absolute Gasteiger partial charge is 0.299 e. The van der Waals surface area contributed by atoms with Crippen LogP contribution in [0, 0.1) is 17.8 Å². The molecule has 0 aliphatic heterocycles. The Morgan fingerprint density at radius 3 is 2.36 bits per heavy atom. The lowest BCUT2D eigenvalue weighted by atomic mass is 9.70. The number of carbonyl (C=O) groups is 1. The lowest BCUT2D eigenvalue weighted by Gasteiger charge is -2.34. The molecule has 0 spiro atoms. The molecule has 0 heterocycles. The van der Waals surface area contributed by atoms with Crippen LogP contribution in [0.3, 0.4) is 0 Å². The number of Topliss-reactive ketones (excluding diaryl/α,β-unsaturated/α-hetero) is 1. The lowest BCUT2D eigenvalue weighted by molar-refractivity contribution is -0.131. The van der Waals surface area contributed by atoms with Crippen LogP contribution < -0.4 is 0 Å². The molecular weight excluding hydrogens is 172 g/mol. The zero-order valence-corrected chi connectivity index (χ0v) is 9.30. The third-order valence-electron chi connectivity index (χ3n) is 4.22. The van der Waals surface area contributed by atoms with Gasteiger partial charge in [-0.25, -0.2) is 0 Å². The summed E-state index contributed by atoms with van der Waals surface area (Å²) in [5.74, 6) is 2.14. The van der Waals surface area contributed by atoms with Crippen LogP contribution in [0.5, 0.6) is 0 Å². The molecular formula is C13H22O. The lowest BCUT2D eigenvalue weighted by Crippen LogP contribution is -2.33. The Labute approximate surface area is 87.3 Å². The Kier molecular flexibility index (Phi) is 3.25. The third kappa shape index (κ3) is 2.02. The average Bonchev–Trinajstić information content (AvgIpc) is 2.23. The van der Waals surface area contributed by atoms with Gasteiger partial charge in [0, 0.05) is 11.8 Å². The van der Waals surface area contributed by atoms with Gasteiger partial charge in [0.1, 0.15) is 5.78 Å². The van der Waals surface area contributed by atoms with Crippen molar-refractivity contribution in [3.8, 4) is 0 Å². The van der Waals surface area contributed by atoms with Gasteiger partial charge in [-0.2, -0.15) is 0 Å². The first-order valence-corrected chi connectivity index (χ1v) is 6.33. The molecule has 2 aliphatic rings. The normalized spacial score (nSPS) is 35.9. The monoisotopic (exact) mass is 194 g/mol. The zero-order chi connectivity index (χ0) is 9.97. The predicted molar refractivity (Wildman–Crippen MR) is 58.1 cm³/mol. The van der Waals surface area contributed by atoms with Gasteiger partial charge in [-0.05, 0) is 31.6 Å². The van der Waals surface area contributed by atoms with E-state index in [9.17, 15) is 4.79 Å². The molecule has 2 aliphatic carbocycles. The van der Waals surface area contributed by atoms with Crippen molar-refractivity contribution in [3.63, 3.8) is 0 Å². The van der Waals surface area contributed by atoms with Gasteiger partial charge >= 0.3 is 0 Å². The second-order valence-electron chi connectivity index (χ2n) is 5.24. The first-order valence-electron chi connectivity index (χ1n) is 6.33. The molecule has 1 heteroatoms. The molecule has 2 fully saturated rings. The van der Waals surface area contributed by atoms with Crippen LogP contribution in [-0.2, 0) is 4.79 Å². The topological polar surface area (TPSA) is 17.1 Å². The highest BCUT2D eigenvalue weighted by atomic mass is 16.1.